The third kappa shape index (κ3) is 5.01. The first-order valence-electron chi connectivity index (χ1n) is 10.4. The number of carbonyl (C=O) groups excluding carboxylic acids is 2. The van der Waals surface area contributed by atoms with Gasteiger partial charge < -0.3 is 19.8 Å². The Morgan fingerprint density at radius 2 is 1.79 bits per heavy atom. The summed E-state index contributed by atoms with van der Waals surface area (Å²) in [6.07, 6.45) is -0.706. The topological polar surface area (TPSA) is 93.3 Å². The summed E-state index contributed by atoms with van der Waals surface area (Å²) < 4.78 is 23.7. The number of nitrogens with zero attached hydrogens (tertiary/aromatic N) is 1. The average molecular weight is 447 g/mol. The number of amides is 1. The summed E-state index contributed by atoms with van der Waals surface area (Å²) in [5, 5.41) is 2.63. The van der Waals surface area contributed by atoms with Crippen molar-refractivity contribution >= 4 is 28.6 Å². The van der Waals surface area contributed by atoms with Crippen LogP contribution in [0, 0.1) is 5.82 Å². The van der Waals surface area contributed by atoms with E-state index in [4.69, 9.17) is 9.47 Å². The van der Waals surface area contributed by atoms with Crippen LogP contribution < -0.4 is 10.1 Å². The molecular formula is C25H22FN3O4. The number of fused-ring (bicyclic) bond motifs is 1. The fourth-order valence-corrected chi connectivity index (χ4v) is 3.30. The first kappa shape index (κ1) is 22.0. The van der Waals surface area contributed by atoms with Crippen molar-refractivity contribution in [2.75, 3.05) is 12.4 Å². The molecule has 1 atom stereocenters. The lowest BCUT2D eigenvalue weighted by atomic mass is 10.2. The molecule has 7 nitrogen and oxygen atoms in total. The Morgan fingerprint density at radius 3 is 2.45 bits per heavy atom. The molecule has 2 N–H and O–H groups in total. The van der Waals surface area contributed by atoms with E-state index in [2.05, 4.69) is 15.3 Å². The van der Waals surface area contributed by atoms with E-state index in [0.717, 1.165) is 11.3 Å². The highest BCUT2D eigenvalue weighted by atomic mass is 19.1. The zero-order valence-corrected chi connectivity index (χ0v) is 18.1. The lowest BCUT2D eigenvalue weighted by molar-refractivity contribution is -0.124. The van der Waals surface area contributed by atoms with Crippen molar-refractivity contribution in [2.45, 2.75) is 19.4 Å². The largest absolute Gasteiger partial charge is 0.497 e. The van der Waals surface area contributed by atoms with Crippen LogP contribution in [0.3, 0.4) is 0 Å². The van der Waals surface area contributed by atoms with E-state index in [1.54, 1.807) is 32.2 Å². The van der Waals surface area contributed by atoms with Gasteiger partial charge in [0.25, 0.3) is 5.91 Å². The number of carbonyl (C=O) groups is 2. The van der Waals surface area contributed by atoms with Gasteiger partial charge in [0.2, 0.25) is 0 Å². The molecule has 8 heteroatoms. The summed E-state index contributed by atoms with van der Waals surface area (Å²) in [5.41, 5.74) is 2.94. The third-order valence-electron chi connectivity index (χ3n) is 5.11. The van der Waals surface area contributed by atoms with Crippen molar-refractivity contribution in [3.05, 3.63) is 78.1 Å². The molecule has 1 heterocycles. The Bertz CT molecular complexity index is 1280. The third-order valence-corrected chi connectivity index (χ3v) is 5.11. The van der Waals surface area contributed by atoms with Crippen molar-refractivity contribution in [2.24, 2.45) is 0 Å². The summed E-state index contributed by atoms with van der Waals surface area (Å²) in [6, 6.07) is 17.8. The van der Waals surface area contributed by atoms with Crippen LogP contribution in [0.4, 0.5) is 10.1 Å². The van der Waals surface area contributed by atoms with Gasteiger partial charge in [-0.15, -0.1) is 0 Å². The van der Waals surface area contributed by atoms with Gasteiger partial charge in [-0.25, -0.2) is 14.2 Å². The number of H-pyrrole nitrogens is 1. The lowest BCUT2D eigenvalue weighted by Crippen LogP contribution is -2.32. The SMILES string of the molecule is CCC(OC(=O)c1ccc2nc(-c3ccc(OC)cc3)[nH]c2c1)C(=O)Nc1ccc(F)cc1. The molecule has 0 aliphatic heterocycles. The fourth-order valence-electron chi connectivity index (χ4n) is 3.30. The van der Waals surface area contributed by atoms with Crippen LogP contribution in [0.25, 0.3) is 22.4 Å². The van der Waals surface area contributed by atoms with Gasteiger partial charge in [0.1, 0.15) is 17.4 Å². The van der Waals surface area contributed by atoms with E-state index in [0.29, 0.717) is 28.1 Å². The first-order valence-corrected chi connectivity index (χ1v) is 10.4. The standard InChI is InChI=1S/C25H22FN3O4/c1-3-22(24(30)27-18-9-7-17(26)8-10-18)33-25(31)16-6-13-20-21(14-16)29-23(28-20)15-4-11-19(32-2)12-5-15/h4-14,22H,3H2,1-2H3,(H,27,30)(H,28,29). The highest BCUT2D eigenvalue weighted by Crippen LogP contribution is 2.24. The van der Waals surface area contributed by atoms with Gasteiger partial charge >= 0.3 is 5.97 Å². The number of aromatic nitrogens is 2. The number of anilines is 1. The Balaban J connectivity index is 1.48. The van der Waals surface area contributed by atoms with Crippen LogP contribution in [-0.4, -0.2) is 35.1 Å². The number of halogens is 1. The molecule has 0 fully saturated rings. The fraction of sp³-hybridized carbons (Fsp3) is 0.160. The number of esters is 1. The van der Waals surface area contributed by atoms with Crippen LogP contribution in [0.1, 0.15) is 23.7 Å². The van der Waals surface area contributed by atoms with Crippen molar-refractivity contribution < 1.29 is 23.5 Å². The van der Waals surface area contributed by atoms with E-state index in [-0.39, 0.29) is 6.42 Å². The van der Waals surface area contributed by atoms with Gasteiger partial charge in [0, 0.05) is 11.3 Å². The van der Waals surface area contributed by atoms with Crippen LogP contribution in [0.2, 0.25) is 0 Å². The van der Waals surface area contributed by atoms with Crippen LogP contribution in [0.5, 0.6) is 5.75 Å². The molecule has 0 saturated heterocycles. The minimum atomic E-state index is -0.991. The van der Waals surface area contributed by atoms with Crippen molar-refractivity contribution in [3.8, 4) is 17.1 Å². The molecule has 0 radical (unpaired) electrons. The lowest BCUT2D eigenvalue weighted by Gasteiger charge is -2.16. The molecule has 4 rings (SSSR count). The molecule has 0 aliphatic rings. The van der Waals surface area contributed by atoms with Gasteiger partial charge in [-0.1, -0.05) is 6.92 Å². The molecule has 33 heavy (non-hydrogen) atoms. The maximum Gasteiger partial charge on any atom is 0.338 e. The highest BCUT2D eigenvalue weighted by Gasteiger charge is 2.22. The predicted molar refractivity (Wildman–Crippen MR) is 123 cm³/mol. The average Bonchev–Trinajstić information content (AvgIpc) is 3.27. The zero-order chi connectivity index (χ0) is 23.4. The summed E-state index contributed by atoms with van der Waals surface area (Å²) in [6.45, 7) is 1.74. The first-order chi connectivity index (χ1) is 16.0. The highest BCUT2D eigenvalue weighted by molar-refractivity contribution is 5.98. The molecule has 1 amide bonds. The molecule has 0 spiro atoms. The van der Waals surface area contributed by atoms with Crippen molar-refractivity contribution in [1.29, 1.82) is 0 Å². The number of imidazole rings is 1. The maximum absolute atomic E-state index is 13.1. The maximum atomic E-state index is 13.1. The van der Waals surface area contributed by atoms with E-state index in [9.17, 15) is 14.0 Å². The van der Waals surface area contributed by atoms with E-state index >= 15 is 0 Å². The predicted octanol–water partition coefficient (Wildman–Crippen LogP) is 4.95. The summed E-state index contributed by atoms with van der Waals surface area (Å²) in [4.78, 5) is 33.0. The number of hydrogen-bond acceptors (Lipinski definition) is 5. The number of methoxy groups -OCH3 is 1. The second-order valence-corrected chi connectivity index (χ2v) is 7.34. The number of nitrogens with one attached hydrogen (secondary N) is 2. The molecule has 168 valence electrons. The Morgan fingerprint density at radius 1 is 1.06 bits per heavy atom. The van der Waals surface area contributed by atoms with Crippen molar-refractivity contribution in [3.63, 3.8) is 0 Å². The number of ether oxygens (including phenoxy) is 2. The van der Waals surface area contributed by atoms with Gasteiger partial charge in [0.15, 0.2) is 6.10 Å². The number of rotatable bonds is 7. The Hall–Kier alpha value is -4.20. The molecular weight excluding hydrogens is 425 g/mol. The quantitative estimate of drug-likeness (QED) is 0.391. The molecule has 4 aromatic rings. The molecule has 3 aromatic carbocycles. The monoisotopic (exact) mass is 447 g/mol. The van der Waals surface area contributed by atoms with Crippen LogP contribution in [0.15, 0.2) is 66.7 Å². The second-order valence-electron chi connectivity index (χ2n) is 7.34. The van der Waals surface area contributed by atoms with Gasteiger partial charge in [-0.2, -0.15) is 0 Å². The number of aromatic amines is 1. The van der Waals surface area contributed by atoms with E-state index < -0.39 is 23.8 Å². The molecule has 1 unspecified atom stereocenters. The molecule has 0 aliphatic carbocycles. The van der Waals surface area contributed by atoms with Gasteiger partial charge in [-0.05, 0) is 73.2 Å². The summed E-state index contributed by atoms with van der Waals surface area (Å²) >= 11 is 0. The minimum Gasteiger partial charge on any atom is -0.497 e. The summed E-state index contributed by atoms with van der Waals surface area (Å²) in [7, 11) is 1.60. The minimum absolute atomic E-state index is 0.284. The smallest absolute Gasteiger partial charge is 0.338 e. The Labute approximate surface area is 189 Å². The summed E-state index contributed by atoms with van der Waals surface area (Å²) in [5.74, 6) is -0.117. The second kappa shape index (κ2) is 9.52. The number of hydrogen-bond donors (Lipinski definition) is 2. The zero-order valence-electron chi connectivity index (χ0n) is 18.1. The Kier molecular flexibility index (Phi) is 6.35. The van der Waals surface area contributed by atoms with E-state index in [1.165, 1.54) is 24.3 Å². The number of benzene rings is 3. The molecule has 0 bridgehead atoms. The van der Waals surface area contributed by atoms with Gasteiger partial charge in [0.05, 0.1) is 23.7 Å². The van der Waals surface area contributed by atoms with Crippen molar-refractivity contribution in [1.82, 2.24) is 9.97 Å². The molecule has 0 saturated carbocycles. The van der Waals surface area contributed by atoms with E-state index in [1.807, 2.05) is 24.3 Å². The normalized spacial score (nSPS) is 11.7. The van der Waals surface area contributed by atoms with Crippen LogP contribution >= 0.6 is 0 Å². The van der Waals surface area contributed by atoms with Gasteiger partial charge in [-0.3, -0.25) is 4.79 Å². The molecule has 1 aromatic heterocycles. The van der Waals surface area contributed by atoms with Crippen LogP contribution in [-0.2, 0) is 9.53 Å².